The second-order valence-corrected chi connectivity index (χ2v) is 3.92. The lowest BCUT2D eigenvalue weighted by atomic mass is 10.0. The molecule has 0 heterocycles. The molecule has 0 aliphatic rings. The number of rotatable bonds is 3. The van der Waals surface area contributed by atoms with Crippen LogP contribution in [-0.2, 0) is 16.0 Å². The van der Waals surface area contributed by atoms with E-state index in [1.165, 1.54) is 7.11 Å². The highest BCUT2D eigenvalue weighted by Crippen LogP contribution is 2.16. The molecule has 0 amide bonds. The van der Waals surface area contributed by atoms with Gasteiger partial charge in [0, 0.05) is 6.42 Å². The van der Waals surface area contributed by atoms with E-state index in [1.54, 1.807) is 0 Å². The number of ether oxygens (including phenoxy) is 1. The number of carbonyl (C=O) groups excluding carboxylic acids is 1. The molecular weight excluding hydrogens is 216 g/mol. The van der Waals surface area contributed by atoms with E-state index in [2.05, 4.69) is 4.74 Å². The lowest BCUT2D eigenvalue weighted by Gasteiger charge is -2.08. The number of aliphatic hydroxyl groups is 1. The van der Waals surface area contributed by atoms with Crippen molar-refractivity contribution in [1.82, 2.24) is 0 Å². The topological polar surface area (TPSA) is 46.5 Å². The second-order valence-electron chi connectivity index (χ2n) is 3.92. The van der Waals surface area contributed by atoms with E-state index in [0.29, 0.717) is 0 Å². The van der Waals surface area contributed by atoms with E-state index in [-0.39, 0.29) is 6.42 Å². The molecule has 1 N–H and O–H groups in total. The number of esters is 1. The SMILES string of the molecule is COC(=O)[C@@H](O)Cc1ccc2ccccc2c1. The molecular formula is C14H14O3. The van der Waals surface area contributed by atoms with Gasteiger partial charge in [0.15, 0.2) is 6.10 Å². The molecule has 0 aliphatic carbocycles. The van der Waals surface area contributed by atoms with Crippen LogP contribution in [0.25, 0.3) is 10.8 Å². The van der Waals surface area contributed by atoms with Crippen LogP contribution in [0, 0.1) is 0 Å². The van der Waals surface area contributed by atoms with Crippen molar-refractivity contribution in [2.45, 2.75) is 12.5 Å². The van der Waals surface area contributed by atoms with Gasteiger partial charge in [-0.2, -0.15) is 0 Å². The summed E-state index contributed by atoms with van der Waals surface area (Å²) >= 11 is 0. The Morgan fingerprint density at radius 1 is 1.24 bits per heavy atom. The number of benzene rings is 2. The molecule has 0 saturated carbocycles. The maximum atomic E-state index is 11.1. The fourth-order valence-corrected chi connectivity index (χ4v) is 1.81. The van der Waals surface area contributed by atoms with Crippen molar-refractivity contribution in [2.75, 3.05) is 7.11 Å². The molecule has 0 bridgehead atoms. The van der Waals surface area contributed by atoms with Crippen molar-refractivity contribution in [3.63, 3.8) is 0 Å². The summed E-state index contributed by atoms with van der Waals surface area (Å²) in [6.07, 6.45) is -0.821. The minimum Gasteiger partial charge on any atom is -0.467 e. The average Bonchev–Trinajstić information content (AvgIpc) is 2.37. The van der Waals surface area contributed by atoms with Crippen LogP contribution in [0.3, 0.4) is 0 Å². The highest BCUT2D eigenvalue weighted by atomic mass is 16.5. The Morgan fingerprint density at radius 3 is 2.65 bits per heavy atom. The van der Waals surface area contributed by atoms with Crippen LogP contribution in [-0.4, -0.2) is 24.3 Å². The van der Waals surface area contributed by atoms with Crippen molar-refractivity contribution < 1.29 is 14.6 Å². The van der Waals surface area contributed by atoms with E-state index in [1.807, 2.05) is 42.5 Å². The smallest absolute Gasteiger partial charge is 0.335 e. The lowest BCUT2D eigenvalue weighted by Crippen LogP contribution is -2.24. The third kappa shape index (κ3) is 2.63. The number of carbonyl (C=O) groups is 1. The van der Waals surface area contributed by atoms with Gasteiger partial charge in [0.05, 0.1) is 7.11 Å². The third-order valence-corrected chi connectivity index (χ3v) is 2.72. The van der Waals surface area contributed by atoms with Crippen LogP contribution in [0.2, 0.25) is 0 Å². The first-order valence-electron chi connectivity index (χ1n) is 5.44. The van der Waals surface area contributed by atoms with E-state index >= 15 is 0 Å². The Morgan fingerprint density at radius 2 is 1.94 bits per heavy atom. The zero-order valence-electron chi connectivity index (χ0n) is 9.59. The molecule has 17 heavy (non-hydrogen) atoms. The number of aliphatic hydroxyl groups excluding tert-OH is 1. The first kappa shape index (κ1) is 11.6. The highest BCUT2D eigenvalue weighted by molar-refractivity contribution is 5.83. The highest BCUT2D eigenvalue weighted by Gasteiger charge is 2.15. The molecule has 0 spiro atoms. The minimum absolute atomic E-state index is 0.275. The number of hydrogen-bond acceptors (Lipinski definition) is 3. The second kappa shape index (κ2) is 4.97. The van der Waals surface area contributed by atoms with Crippen molar-refractivity contribution in [3.8, 4) is 0 Å². The Labute approximate surface area is 99.6 Å². The molecule has 3 heteroatoms. The van der Waals surface area contributed by atoms with E-state index in [9.17, 15) is 9.90 Å². The van der Waals surface area contributed by atoms with Gasteiger partial charge in [0.25, 0.3) is 0 Å². The van der Waals surface area contributed by atoms with Crippen molar-refractivity contribution >= 4 is 16.7 Å². The molecule has 0 aliphatic heterocycles. The van der Waals surface area contributed by atoms with Gasteiger partial charge in [0.2, 0.25) is 0 Å². The molecule has 0 saturated heterocycles. The van der Waals surface area contributed by atoms with Crippen LogP contribution < -0.4 is 0 Å². The molecule has 88 valence electrons. The molecule has 0 fully saturated rings. The summed E-state index contributed by atoms with van der Waals surface area (Å²) in [5, 5.41) is 11.8. The Bertz CT molecular complexity index is 534. The summed E-state index contributed by atoms with van der Waals surface area (Å²) in [6, 6.07) is 13.8. The summed E-state index contributed by atoms with van der Waals surface area (Å²) in [5.41, 5.74) is 0.918. The normalized spacial score (nSPS) is 12.4. The summed E-state index contributed by atoms with van der Waals surface area (Å²) < 4.78 is 4.48. The zero-order valence-corrected chi connectivity index (χ0v) is 9.59. The first-order chi connectivity index (χ1) is 8.20. The minimum atomic E-state index is -1.10. The largest absolute Gasteiger partial charge is 0.467 e. The Kier molecular flexibility index (Phi) is 3.40. The van der Waals surface area contributed by atoms with Crippen molar-refractivity contribution in [1.29, 1.82) is 0 Å². The van der Waals surface area contributed by atoms with Crippen LogP contribution in [0.4, 0.5) is 0 Å². The maximum absolute atomic E-state index is 11.1. The Hall–Kier alpha value is -1.87. The molecule has 1 atom stereocenters. The third-order valence-electron chi connectivity index (χ3n) is 2.72. The van der Waals surface area contributed by atoms with Gasteiger partial charge >= 0.3 is 5.97 Å². The van der Waals surface area contributed by atoms with Gasteiger partial charge in [-0.3, -0.25) is 0 Å². The number of fused-ring (bicyclic) bond motifs is 1. The van der Waals surface area contributed by atoms with Gasteiger partial charge in [-0.25, -0.2) is 4.79 Å². The van der Waals surface area contributed by atoms with Crippen LogP contribution >= 0.6 is 0 Å². The number of hydrogen-bond donors (Lipinski definition) is 1. The quantitative estimate of drug-likeness (QED) is 0.819. The van der Waals surface area contributed by atoms with Gasteiger partial charge < -0.3 is 9.84 Å². The molecule has 2 aromatic rings. The fourth-order valence-electron chi connectivity index (χ4n) is 1.81. The van der Waals surface area contributed by atoms with Crippen LogP contribution in [0.5, 0.6) is 0 Å². The standard InChI is InChI=1S/C14H14O3/c1-17-14(16)13(15)9-10-6-7-11-4-2-3-5-12(11)8-10/h2-8,13,15H,9H2,1H3/t13-/m0/s1. The monoisotopic (exact) mass is 230 g/mol. The molecule has 2 rings (SSSR count). The summed E-state index contributed by atoms with van der Waals surface area (Å²) in [4.78, 5) is 11.1. The van der Waals surface area contributed by atoms with Crippen molar-refractivity contribution in [2.24, 2.45) is 0 Å². The van der Waals surface area contributed by atoms with Gasteiger partial charge in [-0.15, -0.1) is 0 Å². The predicted molar refractivity (Wildman–Crippen MR) is 65.7 cm³/mol. The maximum Gasteiger partial charge on any atom is 0.335 e. The van der Waals surface area contributed by atoms with Gasteiger partial charge in [0.1, 0.15) is 0 Å². The molecule has 2 aromatic carbocycles. The molecule has 3 nitrogen and oxygen atoms in total. The number of methoxy groups -OCH3 is 1. The summed E-state index contributed by atoms with van der Waals surface area (Å²) in [5.74, 6) is -0.599. The first-order valence-corrected chi connectivity index (χ1v) is 5.44. The molecule has 0 unspecified atom stereocenters. The van der Waals surface area contributed by atoms with E-state index in [4.69, 9.17) is 0 Å². The molecule has 0 radical (unpaired) electrons. The lowest BCUT2D eigenvalue weighted by molar-refractivity contribution is -0.150. The average molecular weight is 230 g/mol. The van der Waals surface area contributed by atoms with Crippen molar-refractivity contribution in [3.05, 3.63) is 48.0 Å². The van der Waals surface area contributed by atoms with Gasteiger partial charge in [-0.05, 0) is 16.3 Å². The van der Waals surface area contributed by atoms with E-state index in [0.717, 1.165) is 16.3 Å². The van der Waals surface area contributed by atoms with Gasteiger partial charge in [-0.1, -0.05) is 42.5 Å². The fraction of sp³-hybridized carbons (Fsp3) is 0.214. The summed E-state index contributed by atoms with van der Waals surface area (Å²) in [7, 11) is 1.27. The Balaban J connectivity index is 2.22. The van der Waals surface area contributed by atoms with Crippen LogP contribution in [0.15, 0.2) is 42.5 Å². The predicted octanol–water partition coefficient (Wildman–Crippen LogP) is 1.92. The van der Waals surface area contributed by atoms with Crippen LogP contribution in [0.1, 0.15) is 5.56 Å². The zero-order chi connectivity index (χ0) is 12.3. The molecule has 0 aromatic heterocycles. The van der Waals surface area contributed by atoms with E-state index < -0.39 is 12.1 Å². The summed E-state index contributed by atoms with van der Waals surface area (Å²) in [6.45, 7) is 0.